The van der Waals surface area contributed by atoms with Crippen LogP contribution in [0.25, 0.3) is 0 Å². The number of rotatable bonds is 12. The molecule has 202 valence electrons. The van der Waals surface area contributed by atoms with E-state index in [4.69, 9.17) is 11.6 Å². The number of hydrogen-bond donors (Lipinski definition) is 1. The summed E-state index contributed by atoms with van der Waals surface area (Å²) in [6.07, 6.45) is 3.28. The van der Waals surface area contributed by atoms with Crippen molar-refractivity contribution < 1.29 is 9.59 Å². The summed E-state index contributed by atoms with van der Waals surface area (Å²) in [7, 11) is 0. The molecular formula is C33H41ClN2O2. The smallest absolute Gasteiger partial charge is 0.243 e. The molecule has 1 atom stereocenters. The van der Waals surface area contributed by atoms with Gasteiger partial charge in [0.2, 0.25) is 11.8 Å². The van der Waals surface area contributed by atoms with Gasteiger partial charge in [0.15, 0.2) is 0 Å². The molecule has 1 N–H and O–H groups in total. The highest BCUT2D eigenvalue weighted by molar-refractivity contribution is 6.30. The van der Waals surface area contributed by atoms with Gasteiger partial charge in [-0.3, -0.25) is 9.59 Å². The predicted octanol–water partition coefficient (Wildman–Crippen LogP) is 7.13. The molecule has 0 radical (unpaired) electrons. The maximum Gasteiger partial charge on any atom is 0.243 e. The Morgan fingerprint density at radius 2 is 1.58 bits per heavy atom. The number of carbonyl (C=O) groups is 2. The first-order valence-corrected chi connectivity index (χ1v) is 14.0. The van der Waals surface area contributed by atoms with E-state index in [0.717, 1.165) is 29.5 Å². The highest BCUT2D eigenvalue weighted by Crippen LogP contribution is 2.23. The van der Waals surface area contributed by atoms with E-state index in [9.17, 15) is 9.59 Å². The Morgan fingerprint density at radius 3 is 2.21 bits per heavy atom. The van der Waals surface area contributed by atoms with Crippen molar-refractivity contribution in [2.75, 3.05) is 6.54 Å². The highest BCUT2D eigenvalue weighted by Gasteiger charge is 2.30. The molecule has 3 aromatic rings. The van der Waals surface area contributed by atoms with E-state index < -0.39 is 6.04 Å². The van der Waals surface area contributed by atoms with Crippen LogP contribution in [-0.4, -0.2) is 29.3 Å². The first-order valence-electron chi connectivity index (χ1n) is 13.6. The Morgan fingerprint density at radius 1 is 0.895 bits per heavy atom. The summed E-state index contributed by atoms with van der Waals surface area (Å²) in [5, 5.41) is 3.68. The van der Waals surface area contributed by atoms with Crippen molar-refractivity contribution in [1.82, 2.24) is 10.2 Å². The van der Waals surface area contributed by atoms with Crippen LogP contribution in [0.4, 0.5) is 0 Å². The molecule has 3 aromatic carbocycles. The zero-order chi connectivity index (χ0) is 27.5. The maximum absolute atomic E-state index is 13.8. The van der Waals surface area contributed by atoms with Gasteiger partial charge >= 0.3 is 0 Å². The Bertz CT molecular complexity index is 1170. The largest absolute Gasteiger partial charge is 0.354 e. The van der Waals surface area contributed by atoms with Crippen LogP contribution in [0.2, 0.25) is 5.02 Å². The van der Waals surface area contributed by atoms with E-state index in [1.54, 1.807) is 4.90 Å². The molecule has 0 aliphatic rings. The zero-order valence-electron chi connectivity index (χ0n) is 23.2. The average Bonchev–Trinajstić information content (AvgIpc) is 2.89. The molecule has 5 heteroatoms. The van der Waals surface area contributed by atoms with Crippen LogP contribution in [0.3, 0.4) is 0 Å². The molecule has 1 unspecified atom stereocenters. The minimum Gasteiger partial charge on any atom is -0.354 e. The third kappa shape index (κ3) is 9.02. The fraction of sp³-hybridized carbons (Fsp3) is 0.394. The number of carbonyl (C=O) groups excluding carboxylic acids is 2. The lowest BCUT2D eigenvalue weighted by molar-refractivity contribution is -0.141. The van der Waals surface area contributed by atoms with Gasteiger partial charge in [-0.2, -0.15) is 0 Å². The Balaban J connectivity index is 1.86. The van der Waals surface area contributed by atoms with Gasteiger partial charge in [-0.25, -0.2) is 0 Å². The molecule has 2 amide bonds. The van der Waals surface area contributed by atoms with Crippen LogP contribution in [0, 0.1) is 0 Å². The number of benzene rings is 3. The lowest BCUT2D eigenvalue weighted by Gasteiger charge is -2.32. The van der Waals surface area contributed by atoms with Gasteiger partial charge < -0.3 is 10.2 Å². The fourth-order valence-electron chi connectivity index (χ4n) is 4.46. The second kappa shape index (κ2) is 14.2. The van der Waals surface area contributed by atoms with E-state index in [2.05, 4.69) is 57.3 Å². The topological polar surface area (TPSA) is 49.4 Å². The molecule has 0 saturated heterocycles. The van der Waals surface area contributed by atoms with Crippen molar-refractivity contribution in [3.05, 3.63) is 106 Å². The summed E-state index contributed by atoms with van der Waals surface area (Å²) in [4.78, 5) is 29.1. The van der Waals surface area contributed by atoms with Crippen LogP contribution in [-0.2, 0) is 34.4 Å². The molecule has 0 saturated carbocycles. The molecule has 0 aromatic heterocycles. The minimum absolute atomic E-state index is 0.0450. The van der Waals surface area contributed by atoms with Crippen molar-refractivity contribution in [2.45, 2.75) is 77.8 Å². The summed E-state index contributed by atoms with van der Waals surface area (Å²) in [6.45, 7) is 9.59. The highest BCUT2D eigenvalue weighted by atomic mass is 35.5. The lowest BCUT2D eigenvalue weighted by Crippen LogP contribution is -2.50. The summed E-state index contributed by atoms with van der Waals surface area (Å²) in [6, 6.07) is 25.3. The van der Waals surface area contributed by atoms with Gasteiger partial charge in [0.1, 0.15) is 6.04 Å². The molecule has 0 aliphatic carbocycles. The van der Waals surface area contributed by atoms with Crippen molar-refractivity contribution in [3.8, 4) is 0 Å². The van der Waals surface area contributed by atoms with Crippen LogP contribution in [0.15, 0.2) is 78.9 Å². The number of nitrogens with one attached hydrogen (secondary N) is 1. The van der Waals surface area contributed by atoms with E-state index in [1.807, 2.05) is 54.6 Å². The van der Waals surface area contributed by atoms with E-state index >= 15 is 0 Å². The molecule has 0 aliphatic heterocycles. The summed E-state index contributed by atoms with van der Waals surface area (Å²) in [5.74, 6) is -0.163. The van der Waals surface area contributed by atoms with Gasteiger partial charge in [-0.15, -0.1) is 0 Å². The van der Waals surface area contributed by atoms with Gasteiger partial charge in [-0.1, -0.05) is 112 Å². The number of unbranched alkanes of at least 4 members (excludes halogenated alkanes) is 1. The summed E-state index contributed by atoms with van der Waals surface area (Å²) in [5.41, 5.74) is 4.38. The molecule has 0 spiro atoms. The first-order chi connectivity index (χ1) is 18.2. The molecule has 38 heavy (non-hydrogen) atoms. The van der Waals surface area contributed by atoms with E-state index in [0.29, 0.717) is 37.4 Å². The summed E-state index contributed by atoms with van der Waals surface area (Å²) >= 11 is 6.27. The first kappa shape index (κ1) is 29.4. The van der Waals surface area contributed by atoms with Gasteiger partial charge in [-0.05, 0) is 52.6 Å². The molecule has 4 nitrogen and oxygen atoms in total. The van der Waals surface area contributed by atoms with Crippen molar-refractivity contribution >= 4 is 23.4 Å². The second-order valence-corrected chi connectivity index (χ2v) is 11.4. The summed E-state index contributed by atoms with van der Waals surface area (Å²) < 4.78 is 0. The third-order valence-electron chi connectivity index (χ3n) is 6.79. The fourth-order valence-corrected chi connectivity index (χ4v) is 4.67. The van der Waals surface area contributed by atoms with Gasteiger partial charge in [0.05, 0.1) is 0 Å². The number of hydrogen-bond acceptors (Lipinski definition) is 2. The normalized spacial score (nSPS) is 12.1. The van der Waals surface area contributed by atoms with Crippen molar-refractivity contribution in [2.24, 2.45) is 0 Å². The molecule has 0 bridgehead atoms. The van der Waals surface area contributed by atoms with Gasteiger partial charge in [0, 0.05) is 31.0 Å². The lowest BCUT2D eigenvalue weighted by atomic mass is 9.86. The standard InChI is InChI=1S/C33H41ClN2O2/c1-5-6-21-35-32(38)30(23-26-11-8-7-9-12-26)36(24-27-13-10-14-29(34)22-27)31(37)20-17-25-15-18-28(19-16-25)33(2,3)4/h7-16,18-19,22,30H,5-6,17,20-21,23-24H2,1-4H3,(H,35,38). The quantitative estimate of drug-likeness (QED) is 0.252. The van der Waals surface area contributed by atoms with Crippen LogP contribution in [0.1, 0.15) is 69.2 Å². The van der Waals surface area contributed by atoms with Crippen molar-refractivity contribution in [1.29, 1.82) is 0 Å². The Hall–Kier alpha value is -3.11. The van der Waals surface area contributed by atoms with E-state index in [-0.39, 0.29) is 17.2 Å². The predicted molar refractivity (Wildman–Crippen MR) is 157 cm³/mol. The molecule has 0 fully saturated rings. The zero-order valence-corrected chi connectivity index (χ0v) is 23.9. The van der Waals surface area contributed by atoms with Gasteiger partial charge in [0.25, 0.3) is 0 Å². The number of nitrogens with zero attached hydrogens (tertiary/aromatic N) is 1. The number of aryl methyl sites for hydroxylation is 1. The Labute approximate surface area is 233 Å². The van der Waals surface area contributed by atoms with Crippen LogP contribution >= 0.6 is 11.6 Å². The molecular weight excluding hydrogens is 492 g/mol. The van der Waals surface area contributed by atoms with Crippen LogP contribution < -0.4 is 5.32 Å². The molecule has 0 heterocycles. The average molecular weight is 533 g/mol. The van der Waals surface area contributed by atoms with Crippen LogP contribution in [0.5, 0.6) is 0 Å². The Kier molecular flexibility index (Phi) is 11.0. The third-order valence-corrected chi connectivity index (χ3v) is 7.03. The van der Waals surface area contributed by atoms with E-state index in [1.165, 1.54) is 5.56 Å². The minimum atomic E-state index is -0.621. The SMILES string of the molecule is CCCCNC(=O)C(Cc1ccccc1)N(Cc1cccc(Cl)c1)C(=O)CCc1ccc(C(C)(C)C)cc1. The monoisotopic (exact) mass is 532 g/mol. The number of amides is 2. The van der Waals surface area contributed by atoms with Crippen molar-refractivity contribution in [3.63, 3.8) is 0 Å². The molecule has 3 rings (SSSR count). The maximum atomic E-state index is 13.8. The second-order valence-electron chi connectivity index (χ2n) is 10.9. The number of halogens is 1.